The normalized spacial score (nSPS) is 13.5. The summed E-state index contributed by atoms with van der Waals surface area (Å²) in [5.41, 5.74) is 5.58. The van der Waals surface area contributed by atoms with Gasteiger partial charge < -0.3 is 4.43 Å². The first-order valence-electron chi connectivity index (χ1n) is 11.1. The minimum Gasteiger partial charge on any atom is -0.408 e. The Morgan fingerprint density at radius 1 is 1.12 bits per heavy atom. The fourth-order valence-electron chi connectivity index (χ4n) is 3.69. The van der Waals surface area contributed by atoms with E-state index < -0.39 is 8.32 Å². The van der Waals surface area contributed by atoms with Gasteiger partial charge in [0.05, 0.1) is 17.3 Å². The van der Waals surface area contributed by atoms with E-state index in [0.29, 0.717) is 5.15 Å². The van der Waals surface area contributed by atoms with Crippen molar-refractivity contribution in [3.8, 4) is 11.1 Å². The Bertz CT molecular complexity index is 1340. The summed E-state index contributed by atoms with van der Waals surface area (Å²) in [5.74, 6) is 0. The number of halogens is 1. The molecule has 4 aromatic heterocycles. The predicted molar refractivity (Wildman–Crippen MR) is 137 cm³/mol. The molecule has 0 spiro atoms. The molecule has 0 aliphatic carbocycles. The summed E-state index contributed by atoms with van der Waals surface area (Å²) in [6.07, 6.45) is 7.73. The summed E-state index contributed by atoms with van der Waals surface area (Å²) in [5, 5.41) is 5.88. The van der Waals surface area contributed by atoms with Crippen molar-refractivity contribution in [3.63, 3.8) is 0 Å². The number of hydrogen-bond donors (Lipinski definition) is 0. The molecule has 0 radical (unpaired) electrons. The van der Waals surface area contributed by atoms with E-state index in [1.807, 2.05) is 12.3 Å². The van der Waals surface area contributed by atoms with Crippen LogP contribution in [0, 0.1) is 6.92 Å². The van der Waals surface area contributed by atoms with Crippen LogP contribution in [0.4, 0.5) is 0 Å². The average molecular weight is 480 g/mol. The third-order valence-corrected chi connectivity index (χ3v) is 11.3. The van der Waals surface area contributed by atoms with Crippen LogP contribution in [0.1, 0.15) is 44.6 Å². The zero-order valence-electron chi connectivity index (χ0n) is 20.1. The fourth-order valence-corrected chi connectivity index (χ4v) is 5.13. The van der Waals surface area contributed by atoms with Crippen LogP contribution in [0.25, 0.3) is 27.7 Å². The van der Waals surface area contributed by atoms with Gasteiger partial charge in [-0.25, -0.2) is 14.5 Å². The second kappa shape index (κ2) is 8.63. The molecule has 0 aromatic carbocycles. The topological polar surface area (TPSA) is 65.2 Å². The lowest BCUT2D eigenvalue weighted by Crippen LogP contribution is -2.41. The standard InChI is InChI=1S/C25H30ClN5OSi/c1-8-9-22(32-33(6,7)25(3,4)5)20-10-16(2)19(14-27-20)18-11-17-13-28-23(26)12-21(17)31-24(18)29-15-30-31/h8,10-15,22H,1,9H2,2-7H3. The van der Waals surface area contributed by atoms with E-state index in [9.17, 15) is 0 Å². The number of fused-ring (bicyclic) bond motifs is 3. The van der Waals surface area contributed by atoms with E-state index in [-0.39, 0.29) is 11.1 Å². The molecular weight excluding hydrogens is 450 g/mol. The van der Waals surface area contributed by atoms with Crippen molar-refractivity contribution < 1.29 is 4.43 Å². The summed E-state index contributed by atoms with van der Waals surface area (Å²) in [4.78, 5) is 13.6. The van der Waals surface area contributed by atoms with Crippen LogP contribution >= 0.6 is 11.6 Å². The lowest BCUT2D eigenvalue weighted by molar-refractivity contribution is 0.182. The number of aryl methyl sites for hydroxylation is 1. The molecule has 1 atom stereocenters. The van der Waals surface area contributed by atoms with Gasteiger partial charge in [-0.3, -0.25) is 4.98 Å². The van der Waals surface area contributed by atoms with E-state index in [1.54, 1.807) is 23.1 Å². The first-order valence-corrected chi connectivity index (χ1v) is 14.3. The summed E-state index contributed by atoms with van der Waals surface area (Å²) in [6, 6.07) is 5.99. The molecule has 0 amide bonds. The summed E-state index contributed by atoms with van der Waals surface area (Å²) in [7, 11) is -1.97. The summed E-state index contributed by atoms with van der Waals surface area (Å²) < 4.78 is 8.51. The molecule has 6 nitrogen and oxygen atoms in total. The van der Waals surface area contributed by atoms with Gasteiger partial charge in [-0.2, -0.15) is 5.10 Å². The van der Waals surface area contributed by atoms with Gasteiger partial charge >= 0.3 is 0 Å². The molecule has 0 N–H and O–H groups in total. The lowest BCUT2D eigenvalue weighted by atomic mass is 10.0. The molecule has 4 aromatic rings. The van der Waals surface area contributed by atoms with Crippen LogP contribution in [0.2, 0.25) is 23.3 Å². The van der Waals surface area contributed by atoms with Crippen molar-refractivity contribution in [2.24, 2.45) is 0 Å². The first kappa shape index (κ1) is 23.5. The van der Waals surface area contributed by atoms with Crippen molar-refractivity contribution in [2.45, 2.75) is 58.4 Å². The van der Waals surface area contributed by atoms with Gasteiger partial charge in [-0.15, -0.1) is 6.58 Å². The monoisotopic (exact) mass is 479 g/mol. The first-order chi connectivity index (χ1) is 15.5. The van der Waals surface area contributed by atoms with Crippen LogP contribution in [-0.2, 0) is 4.43 Å². The van der Waals surface area contributed by atoms with Gasteiger partial charge in [0.25, 0.3) is 0 Å². The molecule has 0 saturated heterocycles. The highest BCUT2D eigenvalue weighted by molar-refractivity contribution is 6.74. The van der Waals surface area contributed by atoms with Crippen LogP contribution in [0.5, 0.6) is 0 Å². The van der Waals surface area contributed by atoms with Crippen LogP contribution in [-0.4, -0.2) is 32.9 Å². The maximum Gasteiger partial charge on any atom is 0.193 e. The number of pyridine rings is 3. The maximum atomic E-state index is 6.71. The third kappa shape index (κ3) is 4.45. The van der Waals surface area contributed by atoms with Gasteiger partial charge in [-0.05, 0) is 49.2 Å². The highest BCUT2D eigenvalue weighted by Gasteiger charge is 2.39. The molecule has 0 aliphatic heterocycles. The van der Waals surface area contributed by atoms with Crippen LogP contribution < -0.4 is 0 Å². The second-order valence-corrected chi connectivity index (χ2v) is 15.1. The quantitative estimate of drug-likeness (QED) is 0.170. The summed E-state index contributed by atoms with van der Waals surface area (Å²) in [6.45, 7) is 17.3. The van der Waals surface area contributed by atoms with Crippen molar-refractivity contribution in [3.05, 3.63) is 66.0 Å². The third-order valence-electron chi connectivity index (χ3n) is 6.57. The van der Waals surface area contributed by atoms with Gasteiger partial charge in [-0.1, -0.05) is 38.4 Å². The smallest absolute Gasteiger partial charge is 0.193 e. The molecule has 0 bridgehead atoms. The Hall–Kier alpha value is -2.61. The Balaban J connectivity index is 1.78. The molecule has 4 heterocycles. The molecule has 0 saturated carbocycles. The minimum atomic E-state index is -1.97. The second-order valence-electron chi connectivity index (χ2n) is 9.93. The van der Waals surface area contributed by atoms with E-state index in [1.165, 1.54) is 0 Å². The highest BCUT2D eigenvalue weighted by atomic mass is 35.5. The molecule has 0 aliphatic rings. The van der Waals surface area contributed by atoms with E-state index in [2.05, 4.69) is 74.6 Å². The van der Waals surface area contributed by atoms with Crippen molar-refractivity contribution in [1.29, 1.82) is 0 Å². The van der Waals surface area contributed by atoms with E-state index >= 15 is 0 Å². The van der Waals surface area contributed by atoms with Crippen molar-refractivity contribution in [2.75, 3.05) is 0 Å². The molecule has 172 valence electrons. The number of nitrogens with zero attached hydrogens (tertiary/aromatic N) is 5. The molecule has 8 heteroatoms. The zero-order chi connectivity index (χ0) is 24.0. The van der Waals surface area contributed by atoms with Gasteiger partial charge in [0.2, 0.25) is 0 Å². The maximum absolute atomic E-state index is 6.71. The number of aromatic nitrogens is 5. The van der Waals surface area contributed by atoms with E-state index in [0.717, 1.165) is 45.4 Å². The Morgan fingerprint density at radius 2 is 1.88 bits per heavy atom. The molecule has 0 fully saturated rings. The molecular formula is C25H30ClN5OSi. The predicted octanol–water partition coefficient (Wildman–Crippen LogP) is 6.94. The lowest BCUT2D eigenvalue weighted by Gasteiger charge is -2.39. The van der Waals surface area contributed by atoms with E-state index in [4.69, 9.17) is 21.0 Å². The largest absolute Gasteiger partial charge is 0.408 e. The van der Waals surface area contributed by atoms with Gasteiger partial charge in [0.1, 0.15) is 11.5 Å². The number of rotatable bonds is 6. The fraction of sp³-hybridized carbons (Fsp3) is 0.360. The van der Waals surface area contributed by atoms with Crippen LogP contribution in [0.3, 0.4) is 0 Å². The van der Waals surface area contributed by atoms with Crippen molar-refractivity contribution in [1.82, 2.24) is 24.6 Å². The Morgan fingerprint density at radius 3 is 2.55 bits per heavy atom. The van der Waals surface area contributed by atoms with Gasteiger partial charge in [0.15, 0.2) is 14.0 Å². The average Bonchev–Trinajstić information content (AvgIpc) is 3.22. The SMILES string of the molecule is C=CCC(O[Si](C)(C)C(C)(C)C)c1cc(C)c(-c2cc3cnc(Cl)cc3n3ncnc23)cn1. The zero-order valence-corrected chi connectivity index (χ0v) is 21.8. The Kier molecular flexibility index (Phi) is 6.16. The minimum absolute atomic E-state index is 0.114. The van der Waals surface area contributed by atoms with Crippen LogP contribution in [0.15, 0.2) is 49.6 Å². The molecule has 1 unspecified atom stereocenters. The Labute approximate surface area is 200 Å². The highest BCUT2D eigenvalue weighted by Crippen LogP contribution is 2.41. The summed E-state index contributed by atoms with van der Waals surface area (Å²) >= 11 is 6.12. The van der Waals surface area contributed by atoms with Gasteiger partial charge in [0, 0.05) is 35.0 Å². The molecule has 33 heavy (non-hydrogen) atoms. The van der Waals surface area contributed by atoms with Crippen molar-refractivity contribution >= 4 is 36.5 Å². The molecule has 4 rings (SSSR count). The number of hydrogen-bond acceptors (Lipinski definition) is 5.